The lowest BCUT2D eigenvalue weighted by Crippen LogP contribution is -2.01. The quantitative estimate of drug-likeness (QED) is 0.650. The van der Waals surface area contributed by atoms with E-state index < -0.39 is 5.82 Å². The van der Waals surface area contributed by atoms with Crippen LogP contribution in [0.25, 0.3) is 0 Å². The zero-order valence-corrected chi connectivity index (χ0v) is 9.63. The first-order valence-electron chi connectivity index (χ1n) is 4.80. The summed E-state index contributed by atoms with van der Waals surface area (Å²) in [7, 11) is 0. The molecule has 0 fully saturated rings. The molecule has 6 heteroatoms. The lowest BCUT2D eigenvalue weighted by atomic mass is 10.2. The molecule has 0 amide bonds. The fraction of sp³-hybridized carbons (Fsp3) is 0.0909. The van der Waals surface area contributed by atoms with E-state index in [4.69, 9.17) is 15.9 Å². The van der Waals surface area contributed by atoms with Crippen LogP contribution in [0.3, 0.4) is 0 Å². The predicted molar refractivity (Wildman–Crippen MR) is 67.3 cm³/mol. The molecule has 0 aliphatic heterocycles. The molecule has 4 nitrogen and oxygen atoms in total. The van der Waals surface area contributed by atoms with Crippen LogP contribution in [0.1, 0.15) is 12.7 Å². The maximum atomic E-state index is 13.5. The summed E-state index contributed by atoms with van der Waals surface area (Å²) in [6.07, 6.45) is 0.884. The number of hydrogen-bond donors (Lipinski definition) is 2. The van der Waals surface area contributed by atoms with Gasteiger partial charge in [-0.25, -0.2) is 9.37 Å². The Balaban J connectivity index is 0.00000162. The van der Waals surface area contributed by atoms with Crippen LogP contribution >= 0.6 is 11.3 Å². The van der Waals surface area contributed by atoms with E-state index in [1.807, 2.05) is 5.38 Å². The number of halogens is 1. The fourth-order valence-electron chi connectivity index (χ4n) is 1.31. The topological polar surface area (TPSA) is 72.0 Å². The third-order valence-electron chi connectivity index (χ3n) is 2.15. The van der Waals surface area contributed by atoms with Crippen LogP contribution in [0.2, 0.25) is 0 Å². The first-order valence-corrected chi connectivity index (χ1v) is 5.74. The van der Waals surface area contributed by atoms with Gasteiger partial charge in [-0.2, -0.15) is 0 Å². The average Bonchev–Trinajstić information content (AvgIpc) is 2.79. The molecule has 0 unspecified atom stereocenters. The van der Waals surface area contributed by atoms with Gasteiger partial charge in [0.1, 0.15) is 18.2 Å². The summed E-state index contributed by atoms with van der Waals surface area (Å²) in [6.45, 7) is 0.270. The van der Waals surface area contributed by atoms with Gasteiger partial charge in [0.2, 0.25) is 0 Å². The Morgan fingerprint density at radius 3 is 3.00 bits per heavy atom. The van der Waals surface area contributed by atoms with E-state index in [1.165, 1.54) is 23.5 Å². The summed E-state index contributed by atoms with van der Waals surface area (Å²) in [6, 6.07) is 2.71. The predicted octanol–water partition coefficient (Wildman–Crippen LogP) is 2.69. The monoisotopic (exact) mass is 253 g/mol. The number of anilines is 1. The highest BCUT2D eigenvalue weighted by Gasteiger charge is 2.07. The van der Waals surface area contributed by atoms with Crippen LogP contribution in [0.4, 0.5) is 10.1 Å². The van der Waals surface area contributed by atoms with Gasteiger partial charge in [0.15, 0.2) is 0 Å². The second kappa shape index (κ2) is 4.92. The molecule has 90 valence electrons. The summed E-state index contributed by atoms with van der Waals surface area (Å²) in [5.41, 5.74) is 8.34. The Bertz CT molecular complexity index is 510. The van der Waals surface area contributed by atoms with Crippen LogP contribution in [0, 0.1) is 11.2 Å². The summed E-state index contributed by atoms with van der Waals surface area (Å²) in [4.78, 5) is 4.04. The zero-order valence-electron chi connectivity index (χ0n) is 8.81. The summed E-state index contributed by atoms with van der Waals surface area (Å²) < 4.78 is 18.8. The Hall–Kier alpha value is -1.95. The number of nitrogens with two attached hydrogens (primary N) is 1. The zero-order chi connectivity index (χ0) is 12.3. The Morgan fingerprint density at radius 2 is 2.41 bits per heavy atom. The second-order valence-electron chi connectivity index (χ2n) is 3.32. The number of ether oxygens (including phenoxy) is 1. The molecule has 0 aliphatic carbocycles. The fourth-order valence-corrected chi connectivity index (χ4v) is 1.86. The SMILES string of the molecule is N=Cc1c(N)cc(OCc2cscn2)cc1F.[HH]. The van der Waals surface area contributed by atoms with Crippen molar-refractivity contribution >= 4 is 23.2 Å². The molecular formula is C11H12FN3OS. The van der Waals surface area contributed by atoms with Crippen molar-refractivity contribution in [1.29, 1.82) is 5.41 Å². The Morgan fingerprint density at radius 1 is 1.59 bits per heavy atom. The minimum Gasteiger partial charge on any atom is -0.487 e. The highest BCUT2D eigenvalue weighted by atomic mass is 32.1. The van der Waals surface area contributed by atoms with Gasteiger partial charge in [0.05, 0.1) is 16.8 Å². The summed E-state index contributed by atoms with van der Waals surface area (Å²) in [5.74, 6) is -0.230. The van der Waals surface area contributed by atoms with Crippen molar-refractivity contribution in [3.05, 3.63) is 40.1 Å². The third kappa shape index (κ3) is 2.59. The minimum atomic E-state index is -0.562. The van der Waals surface area contributed by atoms with E-state index >= 15 is 0 Å². The van der Waals surface area contributed by atoms with E-state index in [0.717, 1.165) is 11.9 Å². The average molecular weight is 253 g/mol. The maximum Gasteiger partial charge on any atom is 0.137 e. The smallest absolute Gasteiger partial charge is 0.137 e. The number of aromatic nitrogens is 1. The van der Waals surface area contributed by atoms with Crippen molar-refractivity contribution in [2.24, 2.45) is 0 Å². The molecule has 1 aromatic carbocycles. The molecular weight excluding hydrogens is 241 g/mol. The van der Waals surface area contributed by atoms with Gasteiger partial charge in [-0.3, -0.25) is 0 Å². The van der Waals surface area contributed by atoms with Gasteiger partial charge in [-0.05, 0) is 0 Å². The second-order valence-corrected chi connectivity index (χ2v) is 4.04. The molecule has 0 radical (unpaired) electrons. The first kappa shape index (κ1) is 11.5. The molecule has 0 saturated heterocycles. The maximum absolute atomic E-state index is 13.5. The highest BCUT2D eigenvalue weighted by molar-refractivity contribution is 7.07. The van der Waals surface area contributed by atoms with Crippen LogP contribution in [0.15, 0.2) is 23.0 Å². The van der Waals surface area contributed by atoms with Crippen molar-refractivity contribution in [1.82, 2.24) is 4.98 Å². The summed E-state index contributed by atoms with van der Waals surface area (Å²) >= 11 is 1.47. The van der Waals surface area contributed by atoms with Gasteiger partial charge in [-0.15, -0.1) is 11.3 Å². The highest BCUT2D eigenvalue weighted by Crippen LogP contribution is 2.23. The molecule has 1 heterocycles. The standard InChI is InChI=1S/C11H10FN3OS.H2/c12-10-1-8(2-11(14)9(10)3-13)16-4-7-5-17-6-15-7;/h1-3,5-6,13H,4,14H2;1H. The van der Waals surface area contributed by atoms with Crippen molar-refractivity contribution < 1.29 is 10.6 Å². The van der Waals surface area contributed by atoms with Crippen LogP contribution < -0.4 is 10.5 Å². The Labute approximate surface area is 103 Å². The van der Waals surface area contributed by atoms with E-state index in [1.54, 1.807) is 5.51 Å². The van der Waals surface area contributed by atoms with Crippen molar-refractivity contribution in [2.45, 2.75) is 6.61 Å². The molecule has 0 saturated carbocycles. The molecule has 3 N–H and O–H groups in total. The molecule has 2 aromatic rings. The lowest BCUT2D eigenvalue weighted by molar-refractivity contribution is 0.301. The van der Waals surface area contributed by atoms with Crippen LogP contribution in [-0.4, -0.2) is 11.2 Å². The van der Waals surface area contributed by atoms with Crippen molar-refractivity contribution in [2.75, 3.05) is 5.73 Å². The lowest BCUT2D eigenvalue weighted by Gasteiger charge is -2.07. The van der Waals surface area contributed by atoms with E-state index in [0.29, 0.717) is 5.75 Å². The number of thiazole rings is 1. The number of nitrogen functional groups attached to an aromatic ring is 1. The Kier molecular flexibility index (Phi) is 3.34. The molecule has 2 rings (SSSR count). The van der Waals surface area contributed by atoms with Crippen molar-refractivity contribution in [3.8, 4) is 5.75 Å². The van der Waals surface area contributed by atoms with E-state index in [2.05, 4.69) is 4.98 Å². The number of rotatable bonds is 4. The van der Waals surface area contributed by atoms with Gasteiger partial charge in [0, 0.05) is 30.8 Å². The van der Waals surface area contributed by atoms with Crippen LogP contribution in [0.5, 0.6) is 5.75 Å². The van der Waals surface area contributed by atoms with Gasteiger partial charge in [0.25, 0.3) is 0 Å². The molecule has 17 heavy (non-hydrogen) atoms. The normalized spacial score (nSPS) is 10.2. The van der Waals surface area contributed by atoms with Gasteiger partial charge >= 0.3 is 0 Å². The molecule has 1 aromatic heterocycles. The minimum absolute atomic E-state index is 0. The first-order chi connectivity index (χ1) is 8.20. The van der Waals surface area contributed by atoms with Gasteiger partial charge < -0.3 is 15.9 Å². The number of benzene rings is 1. The number of nitrogens with one attached hydrogen (secondary N) is 1. The van der Waals surface area contributed by atoms with E-state index in [9.17, 15) is 4.39 Å². The molecule has 0 atom stereocenters. The largest absolute Gasteiger partial charge is 0.487 e. The molecule has 0 aliphatic rings. The molecule has 0 bridgehead atoms. The van der Waals surface area contributed by atoms with E-state index in [-0.39, 0.29) is 19.3 Å². The number of nitrogens with zero attached hydrogens (tertiary/aromatic N) is 1. The summed E-state index contributed by atoms with van der Waals surface area (Å²) in [5, 5.41) is 8.87. The van der Waals surface area contributed by atoms with Gasteiger partial charge in [-0.1, -0.05) is 0 Å². The third-order valence-corrected chi connectivity index (χ3v) is 2.78. The number of hydrogen-bond acceptors (Lipinski definition) is 5. The van der Waals surface area contributed by atoms with Crippen LogP contribution in [-0.2, 0) is 6.61 Å². The van der Waals surface area contributed by atoms with Crippen molar-refractivity contribution in [3.63, 3.8) is 0 Å². The molecule has 0 spiro atoms.